The van der Waals surface area contributed by atoms with E-state index in [2.05, 4.69) is 37.1 Å². The van der Waals surface area contributed by atoms with E-state index in [9.17, 15) is 0 Å². The summed E-state index contributed by atoms with van der Waals surface area (Å²) in [5, 5.41) is 9.50. The molecule has 2 aromatic carbocycles. The summed E-state index contributed by atoms with van der Waals surface area (Å²) < 4.78 is 5.98. The van der Waals surface area contributed by atoms with Gasteiger partial charge in [0, 0.05) is 43.3 Å². The van der Waals surface area contributed by atoms with E-state index in [-0.39, 0.29) is 0 Å². The highest BCUT2D eigenvalue weighted by molar-refractivity contribution is 5.90. The molecule has 0 bridgehead atoms. The average molecular weight is 450 g/mol. The fourth-order valence-electron chi connectivity index (χ4n) is 4.21. The molecule has 3 aromatic heterocycles. The Balaban J connectivity index is 1.32. The summed E-state index contributed by atoms with van der Waals surface area (Å²) in [7, 11) is 0. The van der Waals surface area contributed by atoms with Crippen molar-refractivity contribution in [1.82, 2.24) is 25.1 Å². The molecule has 0 N–H and O–H groups in total. The maximum atomic E-state index is 5.98. The summed E-state index contributed by atoms with van der Waals surface area (Å²) in [4.78, 5) is 18.7. The Morgan fingerprint density at radius 2 is 1.47 bits per heavy atom. The summed E-state index contributed by atoms with van der Waals surface area (Å²) in [5.74, 6) is 3.10. The van der Waals surface area contributed by atoms with E-state index in [1.165, 1.54) is 5.56 Å². The van der Waals surface area contributed by atoms with Gasteiger partial charge in [-0.2, -0.15) is 0 Å². The topological polar surface area (TPSA) is 84.1 Å². The molecule has 1 aliphatic rings. The van der Waals surface area contributed by atoms with Gasteiger partial charge in [0.25, 0.3) is 5.89 Å². The zero-order valence-electron chi connectivity index (χ0n) is 18.8. The smallest absolute Gasteiger partial charge is 0.286 e. The number of hydrogen-bond donors (Lipinski definition) is 0. The Kier molecular flexibility index (Phi) is 5.10. The monoisotopic (exact) mass is 449 g/mol. The van der Waals surface area contributed by atoms with Crippen molar-refractivity contribution in [3.63, 3.8) is 0 Å². The first-order chi connectivity index (χ1) is 16.7. The Morgan fingerprint density at radius 3 is 2.26 bits per heavy atom. The SMILES string of the molecule is Cc1ccc(-c2nnc(-c3nc(N4CCN(c5ccccn5)CC4)c4ccccc4n3)o2)cc1. The highest BCUT2D eigenvalue weighted by Gasteiger charge is 2.23. The third kappa shape index (κ3) is 3.83. The summed E-state index contributed by atoms with van der Waals surface area (Å²) >= 11 is 0. The molecule has 34 heavy (non-hydrogen) atoms. The lowest BCUT2D eigenvalue weighted by Crippen LogP contribution is -2.47. The van der Waals surface area contributed by atoms with Crippen molar-refractivity contribution in [1.29, 1.82) is 0 Å². The normalized spacial score (nSPS) is 14.0. The van der Waals surface area contributed by atoms with Gasteiger partial charge in [0.2, 0.25) is 11.7 Å². The Bertz CT molecular complexity index is 1430. The van der Waals surface area contributed by atoms with E-state index in [1.54, 1.807) is 0 Å². The Morgan fingerprint density at radius 1 is 0.735 bits per heavy atom. The van der Waals surface area contributed by atoms with Gasteiger partial charge in [-0.15, -0.1) is 10.2 Å². The maximum Gasteiger partial charge on any atom is 0.286 e. The van der Waals surface area contributed by atoms with Crippen LogP contribution in [0.5, 0.6) is 0 Å². The van der Waals surface area contributed by atoms with Gasteiger partial charge in [-0.05, 0) is 43.3 Å². The van der Waals surface area contributed by atoms with Crippen LogP contribution in [0.4, 0.5) is 11.6 Å². The largest absolute Gasteiger partial charge is 0.413 e. The second kappa shape index (κ2) is 8.55. The minimum atomic E-state index is 0.315. The van der Waals surface area contributed by atoms with Gasteiger partial charge in [-0.25, -0.2) is 15.0 Å². The zero-order valence-corrected chi connectivity index (χ0v) is 18.8. The molecular weight excluding hydrogens is 426 g/mol. The number of benzene rings is 2. The highest BCUT2D eigenvalue weighted by Crippen LogP contribution is 2.29. The van der Waals surface area contributed by atoms with Crippen molar-refractivity contribution in [3.05, 3.63) is 78.5 Å². The minimum Gasteiger partial charge on any atom is -0.413 e. The van der Waals surface area contributed by atoms with E-state index in [4.69, 9.17) is 14.4 Å². The summed E-state index contributed by atoms with van der Waals surface area (Å²) in [5.41, 5.74) is 2.90. The van der Waals surface area contributed by atoms with E-state index < -0.39 is 0 Å². The second-order valence-corrected chi connectivity index (χ2v) is 8.33. The van der Waals surface area contributed by atoms with E-state index in [1.807, 2.05) is 67.7 Å². The summed E-state index contributed by atoms with van der Waals surface area (Å²) in [6.07, 6.45) is 1.83. The lowest BCUT2D eigenvalue weighted by Gasteiger charge is -2.36. The highest BCUT2D eigenvalue weighted by atomic mass is 16.4. The molecule has 1 aliphatic heterocycles. The molecule has 4 heterocycles. The average Bonchev–Trinajstić information content (AvgIpc) is 3.40. The molecule has 0 aliphatic carbocycles. The van der Waals surface area contributed by atoms with Crippen LogP contribution >= 0.6 is 0 Å². The van der Waals surface area contributed by atoms with Gasteiger partial charge in [-0.1, -0.05) is 35.9 Å². The first-order valence-corrected chi connectivity index (χ1v) is 11.3. The van der Waals surface area contributed by atoms with Crippen LogP contribution in [0.1, 0.15) is 5.56 Å². The van der Waals surface area contributed by atoms with Crippen molar-refractivity contribution in [2.45, 2.75) is 6.92 Å². The number of piperazine rings is 1. The molecule has 0 unspecified atom stereocenters. The molecule has 5 aromatic rings. The predicted molar refractivity (Wildman–Crippen MR) is 132 cm³/mol. The van der Waals surface area contributed by atoms with E-state index in [0.29, 0.717) is 17.6 Å². The first-order valence-electron chi connectivity index (χ1n) is 11.3. The fourth-order valence-corrected chi connectivity index (χ4v) is 4.21. The molecule has 6 rings (SSSR count). The molecule has 0 atom stereocenters. The van der Waals surface area contributed by atoms with Gasteiger partial charge in [0.15, 0.2) is 0 Å². The van der Waals surface area contributed by atoms with E-state index in [0.717, 1.165) is 54.3 Å². The quantitative estimate of drug-likeness (QED) is 0.400. The van der Waals surface area contributed by atoms with Crippen molar-refractivity contribution in [2.75, 3.05) is 36.0 Å². The number of aryl methyl sites for hydroxylation is 1. The van der Waals surface area contributed by atoms with Crippen LogP contribution in [-0.2, 0) is 0 Å². The van der Waals surface area contributed by atoms with Crippen LogP contribution < -0.4 is 9.80 Å². The third-order valence-electron chi connectivity index (χ3n) is 6.05. The molecule has 1 fully saturated rings. The maximum absolute atomic E-state index is 5.98. The van der Waals surface area contributed by atoms with Crippen LogP contribution in [0.3, 0.4) is 0 Å². The molecular formula is C26H23N7O. The van der Waals surface area contributed by atoms with Gasteiger partial charge in [0.1, 0.15) is 11.6 Å². The van der Waals surface area contributed by atoms with Crippen molar-refractivity contribution in [2.24, 2.45) is 0 Å². The van der Waals surface area contributed by atoms with Crippen LogP contribution in [0.15, 0.2) is 77.3 Å². The molecule has 168 valence electrons. The number of nitrogens with zero attached hydrogens (tertiary/aromatic N) is 7. The summed E-state index contributed by atoms with van der Waals surface area (Å²) in [6.45, 7) is 5.43. The molecule has 0 saturated carbocycles. The van der Waals surface area contributed by atoms with Gasteiger partial charge in [0.05, 0.1) is 5.52 Å². The number of para-hydroxylation sites is 1. The lowest BCUT2D eigenvalue weighted by atomic mass is 10.1. The Hall–Kier alpha value is -4.33. The zero-order chi connectivity index (χ0) is 22.9. The molecule has 1 saturated heterocycles. The predicted octanol–water partition coefficient (Wildman–Crippen LogP) is 4.38. The van der Waals surface area contributed by atoms with Crippen molar-refractivity contribution in [3.8, 4) is 23.2 Å². The van der Waals surface area contributed by atoms with Crippen LogP contribution in [0.2, 0.25) is 0 Å². The standard InChI is InChI=1S/C26H23N7O/c1-18-9-11-19(12-10-18)25-30-31-26(34-25)23-28-21-7-3-2-6-20(21)24(29-23)33-16-14-32(15-17-33)22-8-4-5-13-27-22/h2-13H,14-17H2,1H3. The van der Waals surface area contributed by atoms with Crippen LogP contribution in [-0.4, -0.2) is 51.3 Å². The molecule has 0 spiro atoms. The third-order valence-corrected chi connectivity index (χ3v) is 6.05. The van der Waals surface area contributed by atoms with Gasteiger partial charge < -0.3 is 14.2 Å². The number of hydrogen-bond acceptors (Lipinski definition) is 8. The summed E-state index contributed by atoms with van der Waals surface area (Å²) in [6, 6.07) is 22.0. The second-order valence-electron chi connectivity index (χ2n) is 8.33. The van der Waals surface area contributed by atoms with Crippen LogP contribution in [0.25, 0.3) is 34.1 Å². The molecule has 0 amide bonds. The number of rotatable bonds is 4. The number of pyridine rings is 1. The van der Waals surface area contributed by atoms with Crippen LogP contribution in [0, 0.1) is 6.92 Å². The molecule has 8 heteroatoms. The number of aromatic nitrogens is 5. The molecule has 8 nitrogen and oxygen atoms in total. The van der Waals surface area contributed by atoms with Crippen molar-refractivity contribution < 1.29 is 4.42 Å². The fraction of sp³-hybridized carbons (Fsp3) is 0.192. The lowest BCUT2D eigenvalue weighted by molar-refractivity contribution is 0.579. The first kappa shape index (κ1) is 20.3. The van der Waals surface area contributed by atoms with E-state index >= 15 is 0 Å². The van der Waals surface area contributed by atoms with Gasteiger partial charge >= 0.3 is 0 Å². The Labute approximate surface area is 196 Å². The molecule has 0 radical (unpaired) electrons. The minimum absolute atomic E-state index is 0.315. The number of anilines is 2. The van der Waals surface area contributed by atoms with Gasteiger partial charge in [-0.3, -0.25) is 0 Å². The number of fused-ring (bicyclic) bond motifs is 1. The van der Waals surface area contributed by atoms with Crippen molar-refractivity contribution >= 4 is 22.5 Å².